The quantitative estimate of drug-likeness (QED) is 0.747. The van der Waals surface area contributed by atoms with Crippen LogP contribution in [0.15, 0.2) is 24.3 Å². The Hall–Kier alpha value is -0.930. The molecule has 0 aliphatic rings. The molecule has 0 aliphatic carbocycles. The van der Waals surface area contributed by atoms with Crippen LogP contribution in [0.25, 0.3) is 0 Å². The molecule has 0 aromatic heterocycles. The minimum absolute atomic E-state index is 0.441. The van der Waals surface area contributed by atoms with Gasteiger partial charge in [-0.1, -0.05) is 19.1 Å². The van der Waals surface area contributed by atoms with Crippen molar-refractivity contribution in [1.82, 2.24) is 0 Å². The maximum atomic E-state index is 11.1. The molecule has 0 amide bonds. The second kappa shape index (κ2) is 8.28. The fraction of sp³-hybridized carbons (Fsp3) is 0.500. The van der Waals surface area contributed by atoms with E-state index >= 15 is 0 Å². The second-order valence-electron chi connectivity index (χ2n) is 4.26. The number of carboxylic acids is 1. The van der Waals surface area contributed by atoms with Crippen molar-refractivity contribution in [1.29, 1.82) is 0 Å². The number of hydrogen-bond donors (Lipinski definition) is 1. The topological polar surface area (TPSA) is 40.5 Å². The third kappa shape index (κ3) is 4.59. The molecule has 0 aliphatic heterocycles. The Kier molecular flexibility index (Phi) is 7.03. The monoisotopic (exact) mass is 303 g/mol. The molecular formula is C14H19Cl2NO2. The highest BCUT2D eigenvalue weighted by molar-refractivity contribution is 6.18. The fourth-order valence-corrected chi connectivity index (χ4v) is 2.45. The molecular weight excluding hydrogens is 285 g/mol. The number of nitrogens with zero attached hydrogens (tertiary/aromatic N) is 1. The van der Waals surface area contributed by atoms with E-state index in [4.69, 9.17) is 28.3 Å². The molecule has 1 N–H and O–H groups in total. The summed E-state index contributed by atoms with van der Waals surface area (Å²) in [7, 11) is 0. The number of alkyl halides is 2. The van der Waals surface area contributed by atoms with Crippen LogP contribution in [0, 0.1) is 0 Å². The van der Waals surface area contributed by atoms with Crippen LogP contribution in [0.5, 0.6) is 0 Å². The molecule has 0 heterocycles. The molecule has 0 bridgehead atoms. The zero-order chi connectivity index (χ0) is 14.3. The maximum absolute atomic E-state index is 11.1. The Morgan fingerprint density at radius 3 is 2.11 bits per heavy atom. The van der Waals surface area contributed by atoms with E-state index in [0.717, 1.165) is 24.3 Å². The predicted octanol–water partition coefficient (Wildman–Crippen LogP) is 3.55. The number of hydrogen-bond acceptors (Lipinski definition) is 2. The number of rotatable bonds is 8. The van der Waals surface area contributed by atoms with Crippen LogP contribution >= 0.6 is 23.2 Å². The van der Waals surface area contributed by atoms with Gasteiger partial charge in [-0.15, -0.1) is 23.2 Å². The Morgan fingerprint density at radius 2 is 1.74 bits per heavy atom. The molecule has 1 atom stereocenters. The summed E-state index contributed by atoms with van der Waals surface area (Å²) in [6.07, 6.45) is 0.585. The molecule has 3 nitrogen and oxygen atoms in total. The first-order valence-electron chi connectivity index (χ1n) is 6.33. The lowest BCUT2D eigenvalue weighted by atomic mass is 9.96. The Labute approximate surface area is 124 Å². The van der Waals surface area contributed by atoms with E-state index in [-0.39, 0.29) is 0 Å². The molecule has 1 rings (SSSR count). The third-order valence-corrected chi connectivity index (χ3v) is 3.41. The summed E-state index contributed by atoms with van der Waals surface area (Å²) in [5.41, 5.74) is 1.85. The molecule has 0 radical (unpaired) electrons. The van der Waals surface area contributed by atoms with Crippen molar-refractivity contribution in [2.75, 3.05) is 29.7 Å². The number of carbonyl (C=O) groups is 1. The van der Waals surface area contributed by atoms with E-state index in [1.165, 1.54) is 0 Å². The molecule has 0 saturated heterocycles. The number of aliphatic carboxylic acids is 1. The summed E-state index contributed by atoms with van der Waals surface area (Å²) < 4.78 is 0. The van der Waals surface area contributed by atoms with E-state index in [1.807, 2.05) is 31.2 Å². The summed E-state index contributed by atoms with van der Waals surface area (Å²) >= 11 is 11.5. The van der Waals surface area contributed by atoms with Gasteiger partial charge >= 0.3 is 5.97 Å². The van der Waals surface area contributed by atoms with Crippen LogP contribution in [0.3, 0.4) is 0 Å². The first-order chi connectivity index (χ1) is 9.13. The normalized spacial score (nSPS) is 12.2. The Morgan fingerprint density at radius 1 is 1.21 bits per heavy atom. The average molecular weight is 304 g/mol. The van der Waals surface area contributed by atoms with Crippen LogP contribution in [0.2, 0.25) is 0 Å². The SMILES string of the molecule is CC[C@@H](C(=O)O)c1ccc(N(CCCl)CCCl)cc1. The lowest BCUT2D eigenvalue weighted by Gasteiger charge is -2.23. The van der Waals surface area contributed by atoms with Crippen LogP contribution in [0.1, 0.15) is 24.8 Å². The molecule has 5 heteroatoms. The second-order valence-corrected chi connectivity index (χ2v) is 5.01. The predicted molar refractivity (Wildman–Crippen MR) is 80.8 cm³/mol. The third-order valence-electron chi connectivity index (χ3n) is 3.08. The van der Waals surface area contributed by atoms with E-state index in [1.54, 1.807) is 0 Å². The van der Waals surface area contributed by atoms with Gasteiger partial charge in [-0.3, -0.25) is 4.79 Å². The van der Waals surface area contributed by atoms with Gasteiger partial charge < -0.3 is 10.0 Å². The van der Waals surface area contributed by atoms with Crippen molar-refractivity contribution < 1.29 is 9.90 Å². The summed E-state index contributed by atoms with van der Waals surface area (Å²) in [5, 5.41) is 9.13. The van der Waals surface area contributed by atoms with E-state index in [2.05, 4.69) is 4.90 Å². The number of anilines is 1. The molecule has 0 saturated carbocycles. The van der Waals surface area contributed by atoms with Gasteiger partial charge in [0.15, 0.2) is 0 Å². The largest absolute Gasteiger partial charge is 0.481 e. The van der Waals surface area contributed by atoms with Gasteiger partial charge in [0.2, 0.25) is 0 Å². The van der Waals surface area contributed by atoms with Crippen molar-refractivity contribution in [2.45, 2.75) is 19.3 Å². The smallest absolute Gasteiger partial charge is 0.310 e. The van der Waals surface area contributed by atoms with Gasteiger partial charge in [0.05, 0.1) is 5.92 Å². The Bertz CT molecular complexity index is 389. The molecule has 1 aromatic carbocycles. The van der Waals surface area contributed by atoms with Crippen LogP contribution in [-0.2, 0) is 4.79 Å². The molecule has 1 aromatic rings. The highest BCUT2D eigenvalue weighted by atomic mass is 35.5. The van der Waals surface area contributed by atoms with Gasteiger partial charge in [-0.2, -0.15) is 0 Å². The lowest BCUT2D eigenvalue weighted by Crippen LogP contribution is -2.27. The van der Waals surface area contributed by atoms with Gasteiger partial charge in [0.25, 0.3) is 0 Å². The summed E-state index contributed by atoms with van der Waals surface area (Å²) in [6.45, 7) is 3.33. The van der Waals surface area contributed by atoms with Crippen molar-refractivity contribution in [3.05, 3.63) is 29.8 Å². The van der Waals surface area contributed by atoms with Gasteiger partial charge in [-0.05, 0) is 24.1 Å². The highest BCUT2D eigenvalue weighted by Gasteiger charge is 2.17. The number of halogens is 2. The van der Waals surface area contributed by atoms with Crippen molar-refractivity contribution in [3.8, 4) is 0 Å². The standard InChI is InChI=1S/C14H19Cl2NO2/c1-2-13(14(18)19)11-3-5-12(6-4-11)17(9-7-15)10-8-16/h3-6,13H,2,7-10H2,1H3,(H,18,19)/t13-/m1/s1. The van der Waals surface area contributed by atoms with Crippen molar-refractivity contribution >= 4 is 34.9 Å². The highest BCUT2D eigenvalue weighted by Crippen LogP contribution is 2.23. The molecule has 106 valence electrons. The minimum Gasteiger partial charge on any atom is -0.481 e. The maximum Gasteiger partial charge on any atom is 0.310 e. The van der Waals surface area contributed by atoms with E-state index in [0.29, 0.717) is 18.2 Å². The summed E-state index contributed by atoms with van der Waals surface area (Å²) in [4.78, 5) is 13.2. The van der Waals surface area contributed by atoms with Crippen molar-refractivity contribution in [3.63, 3.8) is 0 Å². The van der Waals surface area contributed by atoms with Crippen LogP contribution < -0.4 is 4.90 Å². The first-order valence-corrected chi connectivity index (χ1v) is 7.40. The minimum atomic E-state index is -0.784. The first kappa shape index (κ1) is 16.1. The molecule has 0 fully saturated rings. The van der Waals surface area contributed by atoms with E-state index < -0.39 is 11.9 Å². The number of carboxylic acid groups (broad SMARTS) is 1. The van der Waals surface area contributed by atoms with Crippen LogP contribution in [0.4, 0.5) is 5.69 Å². The molecule has 0 unspecified atom stereocenters. The van der Waals surface area contributed by atoms with Gasteiger partial charge in [0, 0.05) is 30.5 Å². The van der Waals surface area contributed by atoms with Crippen molar-refractivity contribution in [2.24, 2.45) is 0 Å². The van der Waals surface area contributed by atoms with Gasteiger partial charge in [-0.25, -0.2) is 0 Å². The fourth-order valence-electron chi connectivity index (χ4n) is 2.04. The summed E-state index contributed by atoms with van der Waals surface area (Å²) in [5.74, 6) is -0.159. The summed E-state index contributed by atoms with van der Waals surface area (Å²) in [6, 6.07) is 7.60. The molecule has 19 heavy (non-hydrogen) atoms. The zero-order valence-electron chi connectivity index (χ0n) is 11.0. The van der Waals surface area contributed by atoms with E-state index in [9.17, 15) is 4.79 Å². The van der Waals surface area contributed by atoms with Crippen LogP contribution in [-0.4, -0.2) is 35.9 Å². The average Bonchev–Trinajstić information content (AvgIpc) is 2.40. The molecule has 0 spiro atoms. The Balaban J connectivity index is 2.87. The zero-order valence-corrected chi connectivity index (χ0v) is 12.5. The lowest BCUT2D eigenvalue weighted by molar-refractivity contribution is -0.138. The van der Waals surface area contributed by atoms with Gasteiger partial charge in [0.1, 0.15) is 0 Å². The number of benzene rings is 1.